The number of carbonyl (C=O) groups excluding carboxylic acids is 1. The van der Waals surface area contributed by atoms with Crippen molar-refractivity contribution in [2.45, 2.75) is 27.0 Å². The molecule has 0 N–H and O–H groups in total. The highest BCUT2D eigenvalue weighted by Gasteiger charge is 2.32. The van der Waals surface area contributed by atoms with Crippen molar-refractivity contribution < 1.29 is 14.3 Å². The average Bonchev–Trinajstić information content (AvgIpc) is 3.07. The van der Waals surface area contributed by atoms with Crippen molar-refractivity contribution in [2.24, 2.45) is 0 Å². The number of methoxy groups -OCH3 is 1. The molecule has 1 aliphatic rings. The lowest BCUT2D eigenvalue weighted by atomic mass is 10.1. The largest absolute Gasteiger partial charge is 0.493 e. The Morgan fingerprint density at radius 2 is 1.55 bits per heavy atom. The van der Waals surface area contributed by atoms with Gasteiger partial charge in [-0.3, -0.25) is 9.69 Å². The van der Waals surface area contributed by atoms with Gasteiger partial charge >= 0.3 is 0 Å². The molecule has 1 heterocycles. The molecule has 0 bridgehead atoms. The van der Waals surface area contributed by atoms with Gasteiger partial charge in [-0.2, -0.15) is 0 Å². The lowest BCUT2D eigenvalue weighted by Gasteiger charge is -2.14. The highest BCUT2D eigenvalue weighted by molar-refractivity contribution is 8.26. The molecule has 0 spiro atoms. The third-order valence-electron chi connectivity index (χ3n) is 5.34. The van der Waals surface area contributed by atoms with E-state index in [-0.39, 0.29) is 5.91 Å². The summed E-state index contributed by atoms with van der Waals surface area (Å²) in [5, 5.41) is 0. The van der Waals surface area contributed by atoms with Crippen LogP contribution in [-0.4, -0.2) is 22.2 Å². The van der Waals surface area contributed by atoms with Crippen molar-refractivity contribution in [1.82, 2.24) is 4.90 Å². The second-order valence-electron chi connectivity index (χ2n) is 7.94. The predicted octanol–water partition coefficient (Wildman–Crippen LogP) is 6.29. The van der Waals surface area contributed by atoms with E-state index in [1.165, 1.54) is 22.9 Å². The number of carbonyl (C=O) groups is 1. The number of aryl methyl sites for hydroxylation is 2. The summed E-state index contributed by atoms with van der Waals surface area (Å²) in [6.07, 6.45) is 1.85. The molecule has 3 aromatic carbocycles. The van der Waals surface area contributed by atoms with Gasteiger partial charge in [0.25, 0.3) is 5.91 Å². The topological polar surface area (TPSA) is 38.8 Å². The van der Waals surface area contributed by atoms with Crippen LogP contribution in [-0.2, 0) is 17.9 Å². The fourth-order valence-corrected chi connectivity index (χ4v) is 4.66. The predicted molar refractivity (Wildman–Crippen MR) is 138 cm³/mol. The zero-order chi connectivity index (χ0) is 23.4. The number of rotatable bonds is 7. The second-order valence-corrected chi connectivity index (χ2v) is 9.61. The number of hydrogen-bond donors (Lipinski definition) is 0. The minimum absolute atomic E-state index is 0.0794. The van der Waals surface area contributed by atoms with E-state index in [4.69, 9.17) is 21.7 Å². The summed E-state index contributed by atoms with van der Waals surface area (Å²) in [7, 11) is 1.61. The van der Waals surface area contributed by atoms with Crippen molar-refractivity contribution in [3.05, 3.63) is 99.5 Å². The van der Waals surface area contributed by atoms with Crippen molar-refractivity contribution in [1.29, 1.82) is 0 Å². The van der Waals surface area contributed by atoms with E-state index in [9.17, 15) is 4.79 Å². The SMILES string of the molecule is COc1cc(C=C2SC(=S)N(Cc3ccc(C)cc3)C2=O)ccc1OCc1ccc(C)cc1. The maximum Gasteiger partial charge on any atom is 0.266 e. The van der Waals surface area contributed by atoms with E-state index in [0.29, 0.717) is 33.9 Å². The minimum atomic E-state index is -0.0794. The number of hydrogen-bond acceptors (Lipinski definition) is 5. The second kappa shape index (κ2) is 10.2. The summed E-state index contributed by atoms with van der Waals surface area (Å²) in [6.45, 7) is 5.02. The average molecular weight is 476 g/mol. The fraction of sp³-hybridized carbons (Fsp3) is 0.185. The Hall–Kier alpha value is -3.09. The third kappa shape index (κ3) is 5.64. The molecule has 168 valence electrons. The van der Waals surface area contributed by atoms with Crippen LogP contribution >= 0.6 is 24.0 Å². The third-order valence-corrected chi connectivity index (χ3v) is 6.71. The molecule has 4 nitrogen and oxygen atoms in total. The van der Waals surface area contributed by atoms with E-state index in [2.05, 4.69) is 31.2 Å². The number of thiocarbonyl (C=S) groups is 1. The number of nitrogens with zero attached hydrogens (tertiary/aromatic N) is 1. The summed E-state index contributed by atoms with van der Waals surface area (Å²) in [5.41, 5.74) is 5.39. The van der Waals surface area contributed by atoms with Crippen LogP contribution in [0.5, 0.6) is 11.5 Å². The number of ether oxygens (including phenoxy) is 2. The smallest absolute Gasteiger partial charge is 0.266 e. The van der Waals surface area contributed by atoms with Crippen molar-refractivity contribution in [2.75, 3.05) is 7.11 Å². The van der Waals surface area contributed by atoms with Gasteiger partial charge in [-0.05, 0) is 48.7 Å². The molecule has 1 aliphatic heterocycles. The molecule has 0 saturated carbocycles. The van der Waals surface area contributed by atoms with E-state index < -0.39 is 0 Å². The van der Waals surface area contributed by atoms with Crippen LogP contribution in [0.3, 0.4) is 0 Å². The van der Waals surface area contributed by atoms with Gasteiger partial charge in [0, 0.05) is 0 Å². The Labute approximate surface area is 204 Å². The molecule has 0 atom stereocenters. The molecule has 6 heteroatoms. The van der Waals surface area contributed by atoms with Gasteiger partial charge in [0.2, 0.25) is 0 Å². The summed E-state index contributed by atoms with van der Waals surface area (Å²) in [6, 6.07) is 22.0. The van der Waals surface area contributed by atoms with Crippen molar-refractivity contribution in [3.63, 3.8) is 0 Å². The first-order valence-corrected chi connectivity index (χ1v) is 11.8. The van der Waals surface area contributed by atoms with Gasteiger partial charge < -0.3 is 9.47 Å². The zero-order valence-electron chi connectivity index (χ0n) is 18.8. The van der Waals surface area contributed by atoms with Crippen LogP contribution in [0.1, 0.15) is 27.8 Å². The van der Waals surface area contributed by atoms with Gasteiger partial charge in [-0.25, -0.2) is 0 Å². The molecule has 33 heavy (non-hydrogen) atoms. The number of benzene rings is 3. The van der Waals surface area contributed by atoms with Crippen LogP contribution in [0, 0.1) is 13.8 Å². The summed E-state index contributed by atoms with van der Waals surface area (Å²) >= 11 is 6.80. The van der Waals surface area contributed by atoms with Crippen LogP contribution in [0.25, 0.3) is 6.08 Å². The van der Waals surface area contributed by atoms with Crippen molar-refractivity contribution >= 4 is 40.3 Å². The molecule has 1 fully saturated rings. The van der Waals surface area contributed by atoms with Gasteiger partial charge in [-0.1, -0.05) is 89.7 Å². The Kier molecular flexibility index (Phi) is 7.16. The van der Waals surface area contributed by atoms with Crippen molar-refractivity contribution in [3.8, 4) is 11.5 Å². The first-order valence-electron chi connectivity index (χ1n) is 10.6. The maximum absolute atomic E-state index is 13.0. The Balaban J connectivity index is 1.47. The normalized spacial score (nSPS) is 14.8. The standard InChI is InChI=1S/C27H25NO3S2/c1-18-4-8-20(9-5-18)16-28-26(29)25(33-27(28)32)15-22-12-13-23(24(14-22)30-3)31-17-21-10-6-19(2)7-11-21/h4-15H,16-17H2,1-3H3. The fourth-order valence-electron chi connectivity index (χ4n) is 3.40. The van der Waals surface area contributed by atoms with Crippen LogP contribution in [0.15, 0.2) is 71.6 Å². The highest BCUT2D eigenvalue weighted by Crippen LogP contribution is 2.35. The van der Waals surface area contributed by atoms with Crippen LogP contribution in [0.4, 0.5) is 0 Å². The van der Waals surface area contributed by atoms with E-state index in [1.807, 2.05) is 55.5 Å². The molecule has 1 amide bonds. The molecule has 0 aromatic heterocycles. The number of amides is 1. The van der Waals surface area contributed by atoms with Gasteiger partial charge in [0.15, 0.2) is 11.5 Å². The monoisotopic (exact) mass is 475 g/mol. The van der Waals surface area contributed by atoms with Gasteiger partial charge in [-0.15, -0.1) is 0 Å². The van der Waals surface area contributed by atoms with E-state index >= 15 is 0 Å². The molecule has 0 unspecified atom stereocenters. The highest BCUT2D eigenvalue weighted by atomic mass is 32.2. The summed E-state index contributed by atoms with van der Waals surface area (Å²) < 4.78 is 12.1. The minimum Gasteiger partial charge on any atom is -0.493 e. The quantitative estimate of drug-likeness (QED) is 0.296. The first-order chi connectivity index (χ1) is 15.9. The van der Waals surface area contributed by atoms with Gasteiger partial charge in [0.1, 0.15) is 10.9 Å². The van der Waals surface area contributed by atoms with Crippen LogP contribution in [0.2, 0.25) is 0 Å². The maximum atomic E-state index is 13.0. The molecule has 0 aliphatic carbocycles. The summed E-state index contributed by atoms with van der Waals surface area (Å²) in [4.78, 5) is 15.2. The molecule has 3 aromatic rings. The Morgan fingerprint density at radius 3 is 2.18 bits per heavy atom. The molecule has 0 radical (unpaired) electrons. The van der Waals surface area contributed by atoms with E-state index in [1.54, 1.807) is 12.0 Å². The van der Waals surface area contributed by atoms with Crippen LogP contribution < -0.4 is 9.47 Å². The molecule has 4 rings (SSSR count). The zero-order valence-corrected chi connectivity index (χ0v) is 20.5. The Morgan fingerprint density at radius 1 is 0.909 bits per heavy atom. The van der Waals surface area contributed by atoms with Gasteiger partial charge in [0.05, 0.1) is 18.6 Å². The van der Waals surface area contributed by atoms with E-state index in [0.717, 1.165) is 16.7 Å². The molecular weight excluding hydrogens is 450 g/mol. The molecule has 1 saturated heterocycles. The summed E-state index contributed by atoms with van der Waals surface area (Å²) in [5.74, 6) is 1.19. The molecular formula is C27H25NO3S2. The first kappa shape index (κ1) is 23.1. The number of thioether (sulfide) groups is 1. The lowest BCUT2D eigenvalue weighted by Crippen LogP contribution is -2.27. The Bertz CT molecular complexity index is 1200. The lowest BCUT2D eigenvalue weighted by molar-refractivity contribution is -0.122.